The highest BCUT2D eigenvalue weighted by molar-refractivity contribution is 7.80. The van der Waals surface area contributed by atoms with E-state index in [9.17, 15) is 9.59 Å². The van der Waals surface area contributed by atoms with Gasteiger partial charge in [0.15, 0.2) is 0 Å². The maximum atomic E-state index is 12.1. The van der Waals surface area contributed by atoms with Crippen LogP contribution >= 0.6 is 12.6 Å². The maximum Gasteiger partial charge on any atom is 0.312 e. The third-order valence-corrected chi connectivity index (χ3v) is 4.15. The molecule has 2 rings (SSSR count). The first-order valence-electron chi connectivity index (χ1n) is 6.91. The Morgan fingerprint density at radius 2 is 1.70 bits per heavy atom. The fourth-order valence-corrected chi connectivity index (χ4v) is 2.78. The average Bonchev–Trinajstić information content (AvgIpc) is 2.50. The van der Waals surface area contributed by atoms with E-state index in [0.29, 0.717) is 31.9 Å². The van der Waals surface area contributed by atoms with Gasteiger partial charge in [-0.25, -0.2) is 0 Å². The van der Waals surface area contributed by atoms with E-state index >= 15 is 0 Å². The molecule has 1 heterocycles. The van der Waals surface area contributed by atoms with Gasteiger partial charge in [0.2, 0.25) is 0 Å². The van der Waals surface area contributed by atoms with Gasteiger partial charge in [-0.3, -0.25) is 9.59 Å². The number of likely N-dealkylation sites (N-methyl/N-ethyl adjacent to an activating group) is 1. The lowest BCUT2D eigenvalue weighted by Gasteiger charge is -2.35. The van der Waals surface area contributed by atoms with Crippen molar-refractivity contribution < 1.29 is 9.59 Å². The molecule has 1 fully saturated rings. The molecule has 1 atom stereocenters. The van der Waals surface area contributed by atoms with Crippen LogP contribution in [0.25, 0.3) is 0 Å². The van der Waals surface area contributed by atoms with Crippen molar-refractivity contribution in [2.75, 3.05) is 31.9 Å². The van der Waals surface area contributed by atoms with Crippen LogP contribution in [0.1, 0.15) is 18.4 Å². The lowest BCUT2D eigenvalue weighted by atomic mass is 10.00. The van der Waals surface area contributed by atoms with E-state index in [2.05, 4.69) is 12.6 Å². The van der Waals surface area contributed by atoms with E-state index in [1.165, 1.54) is 0 Å². The SMILES string of the molecule is CCN1CCN(CC(CS)c2ccccc2)C(=O)C1=O. The molecule has 1 aromatic carbocycles. The molecule has 5 heteroatoms. The topological polar surface area (TPSA) is 40.6 Å². The van der Waals surface area contributed by atoms with Crippen molar-refractivity contribution >= 4 is 24.4 Å². The van der Waals surface area contributed by atoms with Gasteiger partial charge < -0.3 is 9.80 Å². The number of thiol groups is 1. The summed E-state index contributed by atoms with van der Waals surface area (Å²) in [7, 11) is 0. The average molecular weight is 292 g/mol. The zero-order chi connectivity index (χ0) is 14.5. The van der Waals surface area contributed by atoms with Gasteiger partial charge in [-0.15, -0.1) is 0 Å². The van der Waals surface area contributed by atoms with Crippen molar-refractivity contribution in [2.45, 2.75) is 12.8 Å². The highest BCUT2D eigenvalue weighted by Crippen LogP contribution is 2.19. The van der Waals surface area contributed by atoms with Gasteiger partial charge in [0, 0.05) is 32.1 Å². The van der Waals surface area contributed by atoms with E-state index in [1.54, 1.807) is 9.80 Å². The van der Waals surface area contributed by atoms with Crippen molar-refractivity contribution in [1.29, 1.82) is 0 Å². The lowest BCUT2D eigenvalue weighted by Crippen LogP contribution is -2.55. The smallest absolute Gasteiger partial charge is 0.312 e. The number of carbonyl (C=O) groups is 2. The van der Waals surface area contributed by atoms with E-state index in [1.807, 2.05) is 37.3 Å². The van der Waals surface area contributed by atoms with Crippen molar-refractivity contribution in [3.05, 3.63) is 35.9 Å². The number of hydrogen-bond donors (Lipinski definition) is 1. The molecule has 108 valence electrons. The second-order valence-electron chi connectivity index (χ2n) is 4.93. The van der Waals surface area contributed by atoms with Crippen molar-refractivity contribution in [1.82, 2.24) is 9.80 Å². The fourth-order valence-electron chi connectivity index (χ4n) is 2.45. The Labute approximate surface area is 125 Å². The van der Waals surface area contributed by atoms with Crippen LogP contribution < -0.4 is 0 Å². The highest BCUT2D eigenvalue weighted by Gasteiger charge is 2.32. The summed E-state index contributed by atoms with van der Waals surface area (Å²) in [5.41, 5.74) is 1.15. The van der Waals surface area contributed by atoms with Gasteiger partial charge in [0.25, 0.3) is 0 Å². The summed E-state index contributed by atoms with van der Waals surface area (Å²) in [5.74, 6) is 0.0365. The molecule has 1 saturated heterocycles. The van der Waals surface area contributed by atoms with Gasteiger partial charge in [-0.1, -0.05) is 30.3 Å². The highest BCUT2D eigenvalue weighted by atomic mass is 32.1. The molecule has 0 radical (unpaired) electrons. The summed E-state index contributed by atoms with van der Waals surface area (Å²) in [5, 5.41) is 0. The van der Waals surface area contributed by atoms with Gasteiger partial charge in [-0.2, -0.15) is 12.6 Å². The van der Waals surface area contributed by atoms with Crippen LogP contribution in [-0.4, -0.2) is 53.5 Å². The van der Waals surface area contributed by atoms with Gasteiger partial charge in [-0.05, 0) is 18.2 Å². The number of piperazine rings is 1. The quantitative estimate of drug-likeness (QED) is 0.658. The predicted molar refractivity (Wildman–Crippen MR) is 81.9 cm³/mol. The molecule has 0 aliphatic carbocycles. The first-order valence-corrected chi connectivity index (χ1v) is 7.54. The van der Waals surface area contributed by atoms with Gasteiger partial charge in [0.1, 0.15) is 0 Å². The third-order valence-electron chi connectivity index (χ3n) is 3.71. The molecular weight excluding hydrogens is 272 g/mol. The zero-order valence-electron chi connectivity index (χ0n) is 11.7. The summed E-state index contributed by atoms with van der Waals surface area (Å²) >= 11 is 4.38. The molecule has 0 bridgehead atoms. The number of rotatable bonds is 5. The predicted octanol–water partition coefficient (Wildman–Crippen LogP) is 1.39. The van der Waals surface area contributed by atoms with Crippen molar-refractivity contribution in [2.24, 2.45) is 0 Å². The zero-order valence-corrected chi connectivity index (χ0v) is 12.6. The normalized spacial score (nSPS) is 17.5. The molecule has 0 saturated carbocycles. The summed E-state index contributed by atoms with van der Waals surface area (Å²) < 4.78 is 0. The summed E-state index contributed by atoms with van der Waals surface area (Å²) in [4.78, 5) is 27.2. The van der Waals surface area contributed by atoms with Crippen LogP contribution in [0.4, 0.5) is 0 Å². The minimum atomic E-state index is -0.388. The van der Waals surface area contributed by atoms with Gasteiger partial charge in [0.05, 0.1) is 0 Å². The number of nitrogens with zero attached hydrogens (tertiary/aromatic N) is 2. The Morgan fingerprint density at radius 1 is 1.10 bits per heavy atom. The molecule has 1 aliphatic heterocycles. The molecule has 1 unspecified atom stereocenters. The molecule has 4 nitrogen and oxygen atoms in total. The Hall–Kier alpha value is -1.49. The number of hydrogen-bond acceptors (Lipinski definition) is 3. The van der Waals surface area contributed by atoms with Crippen molar-refractivity contribution in [3.63, 3.8) is 0 Å². The van der Waals surface area contributed by atoms with Crippen LogP contribution in [-0.2, 0) is 9.59 Å². The fraction of sp³-hybridized carbons (Fsp3) is 0.467. The second kappa shape index (κ2) is 6.79. The largest absolute Gasteiger partial charge is 0.333 e. The Kier molecular flexibility index (Phi) is 5.06. The Morgan fingerprint density at radius 3 is 2.30 bits per heavy atom. The molecule has 0 aromatic heterocycles. The summed E-state index contributed by atoms with van der Waals surface area (Å²) in [6.07, 6.45) is 0. The Bertz CT molecular complexity index is 478. The number of benzene rings is 1. The van der Waals surface area contributed by atoms with E-state index in [-0.39, 0.29) is 17.7 Å². The monoisotopic (exact) mass is 292 g/mol. The van der Waals surface area contributed by atoms with Crippen LogP contribution in [0.5, 0.6) is 0 Å². The standard InChI is InChI=1S/C15H20N2O2S/c1-2-16-8-9-17(15(19)14(16)18)10-13(11-20)12-6-4-3-5-7-12/h3-7,13,20H,2,8-11H2,1H3. The van der Waals surface area contributed by atoms with Crippen LogP contribution in [0.3, 0.4) is 0 Å². The molecule has 2 amide bonds. The number of amides is 2. The van der Waals surface area contributed by atoms with E-state index in [4.69, 9.17) is 0 Å². The molecule has 20 heavy (non-hydrogen) atoms. The minimum absolute atomic E-state index is 0.157. The van der Waals surface area contributed by atoms with Crippen LogP contribution in [0.15, 0.2) is 30.3 Å². The van der Waals surface area contributed by atoms with E-state index < -0.39 is 0 Å². The molecular formula is C15H20N2O2S. The molecule has 0 N–H and O–H groups in total. The van der Waals surface area contributed by atoms with Crippen LogP contribution in [0.2, 0.25) is 0 Å². The second-order valence-corrected chi connectivity index (χ2v) is 5.29. The van der Waals surface area contributed by atoms with Crippen molar-refractivity contribution in [3.8, 4) is 0 Å². The summed E-state index contributed by atoms with van der Waals surface area (Å²) in [6, 6.07) is 10.0. The lowest BCUT2D eigenvalue weighted by molar-refractivity contribution is -0.155. The number of carbonyl (C=O) groups excluding carboxylic acids is 2. The van der Waals surface area contributed by atoms with Crippen LogP contribution in [0, 0.1) is 0 Å². The first kappa shape index (κ1) is 14.9. The third kappa shape index (κ3) is 3.15. The van der Waals surface area contributed by atoms with E-state index in [0.717, 1.165) is 5.56 Å². The molecule has 1 aromatic rings. The van der Waals surface area contributed by atoms with Gasteiger partial charge >= 0.3 is 11.8 Å². The minimum Gasteiger partial charge on any atom is -0.333 e. The summed E-state index contributed by atoms with van der Waals surface area (Å²) in [6.45, 7) is 4.26. The maximum absolute atomic E-state index is 12.1. The molecule has 0 spiro atoms. The Balaban J connectivity index is 2.05. The first-order chi connectivity index (χ1) is 9.67. The molecule has 1 aliphatic rings.